The molecule has 0 bridgehead atoms. The SMILES string of the molecule is CCCCCCCCCCCCCCCCCCCCCCCCCCCCCCCCC(=O)OC(COC(=O)CCCCCCCCCCC)COP(=O)(O)OCC[N+](C)(C)C. The molecule has 2 atom stereocenters. The predicted molar refractivity (Wildman–Crippen MR) is 266 cm³/mol. The molecule has 0 aromatic rings. The van der Waals surface area contributed by atoms with Crippen LogP contribution in [0.4, 0.5) is 0 Å². The lowest BCUT2D eigenvalue weighted by molar-refractivity contribution is -0.870. The van der Waals surface area contributed by atoms with Gasteiger partial charge in [-0.1, -0.05) is 251 Å². The lowest BCUT2D eigenvalue weighted by Crippen LogP contribution is -2.37. The number of nitrogens with zero attached hydrogens (tertiary/aromatic N) is 1. The molecule has 0 saturated heterocycles. The fourth-order valence-electron chi connectivity index (χ4n) is 8.14. The summed E-state index contributed by atoms with van der Waals surface area (Å²) in [7, 11) is 1.50. The van der Waals surface area contributed by atoms with Crippen LogP contribution in [-0.2, 0) is 32.7 Å². The Hall–Kier alpha value is -0.990. The van der Waals surface area contributed by atoms with E-state index in [-0.39, 0.29) is 25.6 Å². The second kappa shape index (κ2) is 46.1. The molecule has 0 aliphatic carbocycles. The van der Waals surface area contributed by atoms with Crippen molar-refractivity contribution in [1.82, 2.24) is 0 Å². The van der Waals surface area contributed by atoms with E-state index < -0.39 is 26.5 Å². The van der Waals surface area contributed by atoms with Crippen molar-refractivity contribution in [1.29, 1.82) is 0 Å². The molecule has 0 amide bonds. The topological polar surface area (TPSA) is 108 Å². The average Bonchev–Trinajstić information content (AvgIpc) is 3.24. The maximum atomic E-state index is 12.7. The monoisotopic (exact) mass is 917 g/mol. The Morgan fingerprint density at radius 1 is 0.429 bits per heavy atom. The van der Waals surface area contributed by atoms with Crippen LogP contribution in [0.5, 0.6) is 0 Å². The zero-order valence-electron chi connectivity index (χ0n) is 42.6. The van der Waals surface area contributed by atoms with Gasteiger partial charge in [0.25, 0.3) is 0 Å². The van der Waals surface area contributed by atoms with E-state index in [4.69, 9.17) is 18.5 Å². The first-order chi connectivity index (χ1) is 30.5. The summed E-state index contributed by atoms with van der Waals surface area (Å²) in [5.41, 5.74) is 0. The summed E-state index contributed by atoms with van der Waals surface area (Å²) >= 11 is 0. The fourth-order valence-corrected chi connectivity index (χ4v) is 8.88. The Morgan fingerprint density at radius 3 is 1.02 bits per heavy atom. The van der Waals surface area contributed by atoms with E-state index in [2.05, 4.69) is 13.8 Å². The van der Waals surface area contributed by atoms with E-state index in [9.17, 15) is 19.0 Å². The number of carbonyl (C=O) groups excluding carboxylic acids is 2. The Balaban J connectivity index is 3.93. The van der Waals surface area contributed by atoms with Crippen LogP contribution in [-0.4, -0.2) is 74.9 Å². The van der Waals surface area contributed by atoms with Crippen LogP contribution in [0.25, 0.3) is 0 Å². The number of phosphoric acid groups is 1. The van der Waals surface area contributed by atoms with Gasteiger partial charge in [0, 0.05) is 12.8 Å². The number of rotatable bonds is 51. The minimum absolute atomic E-state index is 0.0368. The predicted octanol–water partition coefficient (Wildman–Crippen LogP) is 16.3. The molecule has 0 aliphatic heterocycles. The molecule has 2 unspecified atom stereocenters. The van der Waals surface area contributed by atoms with E-state index in [1.54, 1.807) is 0 Å². The largest absolute Gasteiger partial charge is 0.472 e. The molecule has 0 aromatic carbocycles. The fraction of sp³-hybridized carbons (Fsp3) is 0.962. The second-order valence-electron chi connectivity index (χ2n) is 20.0. The first-order valence-corrected chi connectivity index (χ1v) is 28.8. The summed E-state index contributed by atoms with van der Waals surface area (Å²) in [6, 6.07) is 0. The highest BCUT2D eigenvalue weighted by molar-refractivity contribution is 7.47. The molecule has 376 valence electrons. The van der Waals surface area contributed by atoms with Crippen LogP contribution >= 0.6 is 7.82 Å². The van der Waals surface area contributed by atoms with Crippen molar-refractivity contribution in [3.8, 4) is 0 Å². The zero-order chi connectivity index (χ0) is 46.4. The number of ether oxygens (including phenoxy) is 2. The molecule has 9 nitrogen and oxygen atoms in total. The van der Waals surface area contributed by atoms with Gasteiger partial charge >= 0.3 is 19.8 Å². The van der Waals surface area contributed by atoms with E-state index in [1.165, 1.54) is 212 Å². The second-order valence-corrected chi connectivity index (χ2v) is 21.4. The van der Waals surface area contributed by atoms with Crippen molar-refractivity contribution >= 4 is 19.8 Å². The van der Waals surface area contributed by atoms with E-state index in [0.29, 0.717) is 17.4 Å². The summed E-state index contributed by atoms with van der Waals surface area (Å²) in [5.74, 6) is -0.783. The highest BCUT2D eigenvalue weighted by Crippen LogP contribution is 2.43. The van der Waals surface area contributed by atoms with Gasteiger partial charge in [-0.15, -0.1) is 0 Å². The van der Waals surface area contributed by atoms with Gasteiger partial charge in [0.1, 0.15) is 19.8 Å². The molecule has 0 rings (SSSR count). The van der Waals surface area contributed by atoms with Gasteiger partial charge in [-0.2, -0.15) is 0 Å². The molecule has 1 N–H and O–H groups in total. The van der Waals surface area contributed by atoms with Crippen LogP contribution in [0.3, 0.4) is 0 Å². The van der Waals surface area contributed by atoms with Crippen molar-refractivity contribution in [2.45, 2.75) is 283 Å². The van der Waals surface area contributed by atoms with Crippen LogP contribution < -0.4 is 0 Å². The highest BCUT2D eigenvalue weighted by Gasteiger charge is 2.27. The smallest absolute Gasteiger partial charge is 0.462 e. The van der Waals surface area contributed by atoms with Crippen LogP contribution in [0, 0.1) is 0 Å². The summed E-state index contributed by atoms with van der Waals surface area (Å²) < 4.78 is 34.4. The van der Waals surface area contributed by atoms with Gasteiger partial charge in [-0.05, 0) is 12.8 Å². The summed E-state index contributed by atoms with van der Waals surface area (Å²) in [6.45, 7) is 4.45. The third-order valence-corrected chi connectivity index (χ3v) is 13.4. The number of quaternary nitrogens is 1. The number of likely N-dealkylation sites (N-methyl/N-ethyl adjacent to an activating group) is 1. The number of unbranched alkanes of at least 4 members (excludes halogenated alkanes) is 37. The number of phosphoric ester groups is 1. The Morgan fingerprint density at radius 2 is 0.714 bits per heavy atom. The van der Waals surface area contributed by atoms with Crippen molar-refractivity contribution < 1.29 is 42.1 Å². The Bertz CT molecular complexity index is 1040. The first-order valence-electron chi connectivity index (χ1n) is 27.3. The van der Waals surface area contributed by atoms with E-state index >= 15 is 0 Å². The third-order valence-electron chi connectivity index (χ3n) is 12.4. The number of hydrogen-bond acceptors (Lipinski definition) is 7. The van der Waals surface area contributed by atoms with Gasteiger partial charge in [0.2, 0.25) is 0 Å². The van der Waals surface area contributed by atoms with Crippen LogP contribution in [0.1, 0.15) is 277 Å². The highest BCUT2D eigenvalue weighted by atomic mass is 31.2. The molecule has 0 saturated carbocycles. The zero-order valence-corrected chi connectivity index (χ0v) is 43.5. The molecule has 0 spiro atoms. The number of hydrogen-bond donors (Lipinski definition) is 1. The molecule has 0 heterocycles. The first kappa shape index (κ1) is 62.0. The Labute approximate surface area is 391 Å². The summed E-state index contributed by atoms with van der Waals surface area (Å²) in [6.07, 6.45) is 50.5. The summed E-state index contributed by atoms with van der Waals surface area (Å²) in [4.78, 5) is 35.4. The van der Waals surface area contributed by atoms with Gasteiger partial charge in [-0.3, -0.25) is 18.6 Å². The molecule has 0 aliphatic rings. The maximum absolute atomic E-state index is 12.7. The van der Waals surface area contributed by atoms with Crippen molar-refractivity contribution in [2.75, 3.05) is 47.5 Å². The molecule has 0 aromatic heterocycles. The number of esters is 2. The van der Waals surface area contributed by atoms with Crippen molar-refractivity contribution in [2.24, 2.45) is 0 Å². The third kappa shape index (κ3) is 50.3. The van der Waals surface area contributed by atoms with Crippen molar-refractivity contribution in [3.05, 3.63) is 0 Å². The minimum atomic E-state index is -4.37. The molecular formula is C53H107NO8P+. The Kier molecular flexibility index (Phi) is 45.4. The van der Waals surface area contributed by atoms with E-state index in [1.807, 2.05) is 21.1 Å². The quantitative estimate of drug-likeness (QED) is 0.0278. The molecule has 0 radical (unpaired) electrons. The summed E-state index contributed by atoms with van der Waals surface area (Å²) in [5, 5.41) is 0. The lowest BCUT2D eigenvalue weighted by atomic mass is 10.0. The number of carbonyl (C=O) groups is 2. The van der Waals surface area contributed by atoms with Crippen LogP contribution in [0.2, 0.25) is 0 Å². The molecule has 63 heavy (non-hydrogen) atoms. The minimum Gasteiger partial charge on any atom is -0.462 e. The average molecular weight is 917 g/mol. The van der Waals surface area contributed by atoms with Gasteiger partial charge in [0.05, 0.1) is 27.7 Å². The van der Waals surface area contributed by atoms with Gasteiger partial charge < -0.3 is 18.9 Å². The standard InChI is InChI=1S/C53H106NO8P/c1-6-8-10-12-14-16-17-18-19-20-21-22-23-24-25-26-27-28-29-30-31-32-33-34-35-36-38-40-42-44-46-53(56)62-51(50-61-63(57,58)60-48-47-54(3,4)5)49-59-52(55)45-43-41-39-37-15-13-11-9-7-2/h51H,6-50H2,1-5H3/p+1. The van der Waals surface area contributed by atoms with E-state index in [0.717, 1.165) is 38.5 Å². The van der Waals surface area contributed by atoms with Gasteiger partial charge in [0.15, 0.2) is 6.10 Å². The van der Waals surface area contributed by atoms with Crippen LogP contribution in [0.15, 0.2) is 0 Å². The molecule has 0 fully saturated rings. The molecule has 10 heteroatoms. The van der Waals surface area contributed by atoms with Gasteiger partial charge in [-0.25, -0.2) is 4.57 Å². The molecular weight excluding hydrogens is 810 g/mol. The maximum Gasteiger partial charge on any atom is 0.472 e. The van der Waals surface area contributed by atoms with Crippen molar-refractivity contribution in [3.63, 3.8) is 0 Å². The lowest BCUT2D eigenvalue weighted by Gasteiger charge is -2.24. The normalized spacial score (nSPS) is 13.3.